The zero-order valence-corrected chi connectivity index (χ0v) is 16.9. The first-order chi connectivity index (χ1) is 15.2. The molecule has 158 valence electrons. The average Bonchev–Trinajstić information content (AvgIpc) is 3.49. The van der Waals surface area contributed by atoms with E-state index < -0.39 is 12.2 Å². The van der Waals surface area contributed by atoms with Gasteiger partial charge in [-0.05, 0) is 48.9 Å². The van der Waals surface area contributed by atoms with Crippen LogP contribution in [0.2, 0.25) is 0 Å². The van der Waals surface area contributed by atoms with Gasteiger partial charge >= 0.3 is 0 Å². The summed E-state index contributed by atoms with van der Waals surface area (Å²) < 4.78 is 1.98. The molecule has 1 aromatic carbocycles. The molecular formula is C23H24N6O2. The first kappa shape index (κ1) is 18.7. The molecule has 4 aromatic rings. The van der Waals surface area contributed by atoms with Crippen LogP contribution in [0.1, 0.15) is 30.0 Å². The summed E-state index contributed by atoms with van der Waals surface area (Å²) >= 11 is 0. The normalized spacial score (nSPS) is 25.2. The van der Waals surface area contributed by atoms with Crippen molar-refractivity contribution >= 4 is 27.8 Å². The predicted octanol–water partition coefficient (Wildman–Crippen LogP) is 2.33. The fourth-order valence-electron chi connectivity index (χ4n) is 5.06. The number of hydrazine groups is 1. The van der Waals surface area contributed by atoms with Gasteiger partial charge in [0.25, 0.3) is 0 Å². The third kappa shape index (κ3) is 3.15. The smallest absolute Gasteiger partial charge is 0.145 e. The number of aliphatic hydroxyl groups excluding tert-OH is 2. The molecule has 4 N–H and O–H groups in total. The van der Waals surface area contributed by atoms with Gasteiger partial charge < -0.3 is 20.2 Å². The zero-order chi connectivity index (χ0) is 20.9. The summed E-state index contributed by atoms with van der Waals surface area (Å²) in [6.07, 6.45) is 6.00. The van der Waals surface area contributed by atoms with Crippen molar-refractivity contribution < 1.29 is 10.2 Å². The molecule has 0 amide bonds. The van der Waals surface area contributed by atoms with E-state index in [1.165, 1.54) is 17.5 Å². The molecule has 0 spiro atoms. The number of hydrogen-bond acceptors (Lipinski definition) is 7. The molecule has 4 atom stereocenters. The minimum Gasteiger partial charge on any atom is -0.390 e. The number of aromatic nitrogens is 4. The van der Waals surface area contributed by atoms with Crippen LogP contribution in [0.15, 0.2) is 49.1 Å². The lowest BCUT2D eigenvalue weighted by atomic mass is 9.95. The molecular weight excluding hydrogens is 392 g/mol. The van der Waals surface area contributed by atoms with Gasteiger partial charge in [0.15, 0.2) is 0 Å². The van der Waals surface area contributed by atoms with Crippen molar-refractivity contribution in [2.75, 3.05) is 5.43 Å². The summed E-state index contributed by atoms with van der Waals surface area (Å²) in [4.78, 5) is 13.1. The molecule has 0 radical (unpaired) electrons. The van der Waals surface area contributed by atoms with Gasteiger partial charge in [-0.1, -0.05) is 12.1 Å². The van der Waals surface area contributed by atoms with Crippen LogP contribution in [-0.2, 0) is 13.0 Å². The fraction of sp³-hybridized carbons (Fsp3) is 0.348. The van der Waals surface area contributed by atoms with Crippen molar-refractivity contribution in [1.29, 1.82) is 0 Å². The van der Waals surface area contributed by atoms with Crippen LogP contribution in [0.3, 0.4) is 0 Å². The van der Waals surface area contributed by atoms with Gasteiger partial charge in [0.05, 0.1) is 17.7 Å². The molecule has 0 bridgehead atoms. The summed E-state index contributed by atoms with van der Waals surface area (Å²) in [7, 11) is 0. The number of aryl methyl sites for hydroxylation is 1. The predicted molar refractivity (Wildman–Crippen MR) is 117 cm³/mol. The van der Waals surface area contributed by atoms with Crippen LogP contribution >= 0.6 is 0 Å². The summed E-state index contributed by atoms with van der Waals surface area (Å²) in [5.74, 6) is 0.915. The largest absolute Gasteiger partial charge is 0.390 e. The third-order valence-electron chi connectivity index (χ3n) is 6.76. The van der Waals surface area contributed by atoms with Gasteiger partial charge in [-0.25, -0.2) is 20.4 Å². The number of rotatable bonds is 4. The van der Waals surface area contributed by atoms with E-state index in [1.54, 1.807) is 6.20 Å². The molecule has 31 heavy (non-hydrogen) atoms. The number of fused-ring (bicyclic) bond motifs is 3. The van der Waals surface area contributed by atoms with E-state index in [1.807, 2.05) is 16.8 Å². The molecule has 1 aliphatic carbocycles. The molecule has 8 heteroatoms. The Labute approximate surface area is 178 Å². The van der Waals surface area contributed by atoms with Crippen molar-refractivity contribution in [2.24, 2.45) is 5.92 Å². The minimum atomic E-state index is -0.810. The standard InChI is InChI=1S/C23H24N6O2/c30-20-15(9-19(21(20)31)29-6-5-16-10-24-12-25-23(16)29)4-2-13-1-3-14-8-17-11-26-28-22(17)27-18(14)7-13/h1,3,5-8,10,12,15,19-21,26,30-31H,2,4,9,11H2,(H,27,28)/t15-,19+,20+,21-/m0/s1. The Bertz CT molecular complexity index is 1270. The Morgan fingerprint density at radius 3 is 2.97 bits per heavy atom. The van der Waals surface area contributed by atoms with Crippen LogP contribution in [0, 0.1) is 5.92 Å². The lowest BCUT2D eigenvalue weighted by Gasteiger charge is -2.18. The molecule has 0 unspecified atom stereocenters. The number of anilines is 1. The second-order valence-electron chi connectivity index (χ2n) is 8.61. The van der Waals surface area contributed by atoms with Gasteiger partial charge in [-0.2, -0.15) is 0 Å². The highest BCUT2D eigenvalue weighted by atomic mass is 16.3. The average molecular weight is 416 g/mol. The number of nitrogens with one attached hydrogen (secondary N) is 2. The van der Waals surface area contributed by atoms with Crippen molar-refractivity contribution in [2.45, 2.75) is 44.1 Å². The number of nitrogens with zero attached hydrogens (tertiary/aromatic N) is 4. The molecule has 8 nitrogen and oxygen atoms in total. The van der Waals surface area contributed by atoms with Gasteiger partial charge in [0, 0.05) is 35.3 Å². The number of benzene rings is 1. The van der Waals surface area contributed by atoms with Gasteiger partial charge in [-0.3, -0.25) is 0 Å². The van der Waals surface area contributed by atoms with Crippen LogP contribution in [0.4, 0.5) is 5.82 Å². The quantitative estimate of drug-likeness (QED) is 0.404. The van der Waals surface area contributed by atoms with E-state index in [0.29, 0.717) is 6.42 Å². The van der Waals surface area contributed by atoms with E-state index in [9.17, 15) is 10.2 Å². The lowest BCUT2D eigenvalue weighted by molar-refractivity contribution is 0.00545. The molecule has 4 heterocycles. The van der Waals surface area contributed by atoms with Crippen molar-refractivity contribution in [3.63, 3.8) is 0 Å². The monoisotopic (exact) mass is 416 g/mol. The van der Waals surface area contributed by atoms with Crippen molar-refractivity contribution in [3.05, 3.63) is 60.2 Å². The fourth-order valence-corrected chi connectivity index (χ4v) is 5.06. The Balaban J connectivity index is 1.20. The number of pyridine rings is 1. The van der Waals surface area contributed by atoms with Crippen molar-refractivity contribution in [1.82, 2.24) is 24.9 Å². The summed E-state index contributed by atoms with van der Waals surface area (Å²) in [6.45, 7) is 0.784. The molecule has 2 aliphatic rings. The molecule has 0 saturated heterocycles. The van der Waals surface area contributed by atoms with E-state index >= 15 is 0 Å². The summed E-state index contributed by atoms with van der Waals surface area (Å²) in [6, 6.07) is 10.3. The Morgan fingerprint density at radius 2 is 2.03 bits per heavy atom. The van der Waals surface area contributed by atoms with Gasteiger partial charge in [0.1, 0.15) is 23.9 Å². The topological polar surface area (TPSA) is 108 Å². The SMILES string of the molecule is O[C@@H]1[C@@H](CCc2ccc3cc4c(nc3c2)NNC4)C[C@@H](n2ccc3cncnc32)[C@@H]1O. The van der Waals surface area contributed by atoms with E-state index in [-0.39, 0.29) is 12.0 Å². The Morgan fingerprint density at radius 1 is 1.10 bits per heavy atom. The van der Waals surface area contributed by atoms with Crippen LogP contribution in [-0.4, -0.2) is 41.9 Å². The highest BCUT2D eigenvalue weighted by Gasteiger charge is 2.42. The van der Waals surface area contributed by atoms with Crippen LogP contribution in [0.25, 0.3) is 21.9 Å². The van der Waals surface area contributed by atoms with E-state index in [4.69, 9.17) is 4.98 Å². The van der Waals surface area contributed by atoms with E-state index in [0.717, 1.165) is 47.1 Å². The number of hydrogen-bond donors (Lipinski definition) is 4. The van der Waals surface area contributed by atoms with E-state index in [2.05, 4.69) is 45.1 Å². The number of aliphatic hydroxyl groups is 2. The molecule has 3 aromatic heterocycles. The van der Waals surface area contributed by atoms with Crippen LogP contribution in [0.5, 0.6) is 0 Å². The Hall–Kier alpha value is -3.07. The lowest BCUT2D eigenvalue weighted by Crippen LogP contribution is -2.29. The first-order valence-electron chi connectivity index (χ1n) is 10.7. The highest BCUT2D eigenvalue weighted by molar-refractivity contribution is 5.82. The molecule has 1 fully saturated rings. The van der Waals surface area contributed by atoms with Gasteiger partial charge in [-0.15, -0.1) is 0 Å². The maximum atomic E-state index is 10.8. The summed E-state index contributed by atoms with van der Waals surface area (Å²) in [5.41, 5.74) is 10.3. The minimum absolute atomic E-state index is 0.0221. The maximum absolute atomic E-state index is 10.8. The molecule has 6 rings (SSSR count). The van der Waals surface area contributed by atoms with Crippen LogP contribution < -0.4 is 10.9 Å². The second-order valence-corrected chi connectivity index (χ2v) is 8.61. The molecule has 1 aliphatic heterocycles. The first-order valence-corrected chi connectivity index (χ1v) is 10.7. The summed E-state index contributed by atoms with van der Waals surface area (Å²) in [5, 5.41) is 23.5. The second kappa shape index (κ2) is 7.26. The molecule has 1 saturated carbocycles. The highest BCUT2D eigenvalue weighted by Crippen LogP contribution is 2.39. The Kier molecular flexibility index (Phi) is 4.38. The maximum Gasteiger partial charge on any atom is 0.145 e. The van der Waals surface area contributed by atoms with Gasteiger partial charge in [0.2, 0.25) is 0 Å². The van der Waals surface area contributed by atoms with Crippen molar-refractivity contribution in [3.8, 4) is 0 Å². The zero-order valence-electron chi connectivity index (χ0n) is 16.9. The third-order valence-corrected chi connectivity index (χ3v) is 6.76.